The number of aryl methyl sites for hydroxylation is 4. The Hall–Kier alpha value is -1.84. The monoisotopic (exact) mass is 289 g/mol. The molecule has 0 bridgehead atoms. The molecule has 1 heterocycles. The van der Waals surface area contributed by atoms with Crippen LogP contribution in [0, 0.1) is 19.7 Å². The van der Waals surface area contributed by atoms with Crippen LogP contribution < -0.4 is 5.32 Å². The summed E-state index contributed by atoms with van der Waals surface area (Å²) in [7, 11) is 0. The summed E-state index contributed by atoms with van der Waals surface area (Å²) in [5.41, 5.74) is 3.21. The molecule has 0 spiro atoms. The Balaban J connectivity index is 2.02. The van der Waals surface area contributed by atoms with Crippen LogP contribution in [-0.2, 0) is 13.0 Å². The van der Waals surface area contributed by atoms with E-state index in [0.717, 1.165) is 43.1 Å². The Morgan fingerprint density at radius 2 is 2.10 bits per heavy atom. The van der Waals surface area contributed by atoms with Crippen molar-refractivity contribution >= 4 is 5.95 Å². The van der Waals surface area contributed by atoms with E-state index in [1.54, 1.807) is 6.07 Å². The summed E-state index contributed by atoms with van der Waals surface area (Å²) in [5.74, 6) is 0.761. The van der Waals surface area contributed by atoms with Gasteiger partial charge in [0.1, 0.15) is 5.82 Å². The highest BCUT2D eigenvalue weighted by Gasteiger charge is 2.06. The predicted molar refractivity (Wildman–Crippen MR) is 85.2 cm³/mol. The number of hydrogen-bond acceptors (Lipinski definition) is 2. The average Bonchev–Trinajstić information content (AvgIpc) is 2.78. The zero-order valence-corrected chi connectivity index (χ0v) is 13.1. The second kappa shape index (κ2) is 7.25. The van der Waals surface area contributed by atoms with E-state index in [4.69, 9.17) is 0 Å². The van der Waals surface area contributed by atoms with Crippen molar-refractivity contribution in [2.75, 3.05) is 11.9 Å². The SMILES string of the molecule is CCCCNc1nc(C)cn1CCc1ccc(F)cc1C. The largest absolute Gasteiger partial charge is 0.356 e. The molecule has 0 aliphatic rings. The molecule has 3 nitrogen and oxygen atoms in total. The van der Waals surface area contributed by atoms with Crippen LogP contribution in [0.3, 0.4) is 0 Å². The molecule has 0 atom stereocenters. The third-order valence-corrected chi connectivity index (χ3v) is 3.64. The molecule has 1 N–H and O–H groups in total. The summed E-state index contributed by atoms with van der Waals surface area (Å²) < 4.78 is 15.3. The minimum Gasteiger partial charge on any atom is -0.356 e. The van der Waals surface area contributed by atoms with Gasteiger partial charge in [0, 0.05) is 19.3 Å². The van der Waals surface area contributed by atoms with Gasteiger partial charge in [-0.05, 0) is 49.9 Å². The number of unbranched alkanes of at least 4 members (excludes halogenated alkanes) is 1. The van der Waals surface area contributed by atoms with Crippen molar-refractivity contribution in [2.24, 2.45) is 0 Å². The van der Waals surface area contributed by atoms with E-state index < -0.39 is 0 Å². The second-order valence-corrected chi connectivity index (χ2v) is 5.50. The highest BCUT2D eigenvalue weighted by Crippen LogP contribution is 2.14. The van der Waals surface area contributed by atoms with Gasteiger partial charge in [-0.25, -0.2) is 9.37 Å². The highest BCUT2D eigenvalue weighted by molar-refractivity contribution is 5.30. The number of rotatable bonds is 7. The lowest BCUT2D eigenvalue weighted by Gasteiger charge is -2.11. The molecule has 1 aromatic heterocycles. The van der Waals surface area contributed by atoms with E-state index >= 15 is 0 Å². The molecule has 0 radical (unpaired) electrons. The number of hydrogen-bond donors (Lipinski definition) is 1. The maximum atomic E-state index is 13.1. The molecule has 0 aliphatic carbocycles. The van der Waals surface area contributed by atoms with Crippen molar-refractivity contribution in [1.29, 1.82) is 0 Å². The third-order valence-electron chi connectivity index (χ3n) is 3.64. The van der Waals surface area contributed by atoms with Crippen molar-refractivity contribution in [1.82, 2.24) is 9.55 Å². The van der Waals surface area contributed by atoms with Gasteiger partial charge in [0.25, 0.3) is 0 Å². The first-order chi connectivity index (χ1) is 10.1. The van der Waals surface area contributed by atoms with E-state index in [-0.39, 0.29) is 5.82 Å². The smallest absolute Gasteiger partial charge is 0.203 e. The van der Waals surface area contributed by atoms with Gasteiger partial charge in [-0.15, -0.1) is 0 Å². The lowest BCUT2D eigenvalue weighted by Crippen LogP contribution is -2.10. The van der Waals surface area contributed by atoms with Gasteiger partial charge in [-0.2, -0.15) is 0 Å². The van der Waals surface area contributed by atoms with Gasteiger partial charge < -0.3 is 9.88 Å². The van der Waals surface area contributed by atoms with Crippen LogP contribution in [0.15, 0.2) is 24.4 Å². The summed E-state index contributed by atoms with van der Waals surface area (Å²) in [6, 6.07) is 5.00. The first kappa shape index (κ1) is 15.5. The summed E-state index contributed by atoms with van der Waals surface area (Å²) in [6.45, 7) is 7.93. The number of anilines is 1. The molecule has 0 amide bonds. The summed E-state index contributed by atoms with van der Waals surface area (Å²) in [5, 5.41) is 3.39. The Bertz CT molecular complexity index is 590. The summed E-state index contributed by atoms with van der Waals surface area (Å²) in [6.07, 6.45) is 5.25. The van der Waals surface area contributed by atoms with Crippen LogP contribution in [-0.4, -0.2) is 16.1 Å². The lowest BCUT2D eigenvalue weighted by atomic mass is 10.1. The Morgan fingerprint density at radius 3 is 2.81 bits per heavy atom. The molecule has 0 saturated heterocycles. The van der Waals surface area contributed by atoms with Gasteiger partial charge in [-0.3, -0.25) is 0 Å². The minimum absolute atomic E-state index is 0.170. The van der Waals surface area contributed by atoms with Crippen molar-refractivity contribution in [3.8, 4) is 0 Å². The Morgan fingerprint density at radius 1 is 1.29 bits per heavy atom. The second-order valence-electron chi connectivity index (χ2n) is 5.50. The van der Waals surface area contributed by atoms with E-state index in [2.05, 4.69) is 28.0 Å². The number of nitrogens with zero attached hydrogens (tertiary/aromatic N) is 2. The number of aromatic nitrogens is 2. The maximum absolute atomic E-state index is 13.1. The molecular weight excluding hydrogens is 265 g/mol. The number of nitrogens with one attached hydrogen (secondary N) is 1. The first-order valence-electron chi connectivity index (χ1n) is 7.63. The molecule has 0 fully saturated rings. The van der Waals surface area contributed by atoms with Crippen LogP contribution >= 0.6 is 0 Å². The lowest BCUT2D eigenvalue weighted by molar-refractivity contribution is 0.623. The molecule has 0 unspecified atom stereocenters. The van der Waals surface area contributed by atoms with E-state index in [9.17, 15) is 4.39 Å². The van der Waals surface area contributed by atoms with Gasteiger partial charge in [-0.1, -0.05) is 19.4 Å². The van der Waals surface area contributed by atoms with Crippen molar-refractivity contribution in [3.63, 3.8) is 0 Å². The normalized spacial score (nSPS) is 10.9. The van der Waals surface area contributed by atoms with Crippen LogP contribution in [0.5, 0.6) is 0 Å². The fourth-order valence-corrected chi connectivity index (χ4v) is 2.42. The number of benzene rings is 1. The van der Waals surface area contributed by atoms with Gasteiger partial charge >= 0.3 is 0 Å². The molecular formula is C17H24FN3. The number of imidazole rings is 1. The van der Waals surface area contributed by atoms with E-state index in [1.807, 2.05) is 19.9 Å². The summed E-state index contributed by atoms with van der Waals surface area (Å²) >= 11 is 0. The van der Waals surface area contributed by atoms with Crippen LogP contribution in [0.4, 0.5) is 10.3 Å². The van der Waals surface area contributed by atoms with Crippen molar-refractivity contribution in [2.45, 2.75) is 46.6 Å². The van der Waals surface area contributed by atoms with Crippen molar-refractivity contribution < 1.29 is 4.39 Å². The fourth-order valence-electron chi connectivity index (χ4n) is 2.42. The average molecular weight is 289 g/mol. The standard InChI is InChI=1S/C17H24FN3/c1-4-5-9-19-17-20-14(3)12-21(17)10-8-15-6-7-16(18)11-13(15)2/h6-7,11-12H,4-5,8-10H2,1-3H3,(H,19,20). The van der Waals surface area contributed by atoms with Crippen LogP contribution in [0.2, 0.25) is 0 Å². The van der Waals surface area contributed by atoms with Crippen LogP contribution in [0.25, 0.3) is 0 Å². The molecule has 1 aromatic carbocycles. The molecule has 2 rings (SSSR count). The fraction of sp³-hybridized carbons (Fsp3) is 0.471. The van der Waals surface area contributed by atoms with Gasteiger partial charge in [0.2, 0.25) is 5.95 Å². The van der Waals surface area contributed by atoms with E-state index in [1.165, 1.54) is 18.1 Å². The molecule has 4 heteroatoms. The Labute approximate surface area is 126 Å². The summed E-state index contributed by atoms with van der Waals surface area (Å²) in [4.78, 5) is 4.52. The molecule has 0 saturated carbocycles. The highest BCUT2D eigenvalue weighted by atomic mass is 19.1. The van der Waals surface area contributed by atoms with Gasteiger partial charge in [0.15, 0.2) is 0 Å². The van der Waals surface area contributed by atoms with Gasteiger partial charge in [0.05, 0.1) is 5.69 Å². The molecule has 2 aromatic rings. The third kappa shape index (κ3) is 4.31. The van der Waals surface area contributed by atoms with Crippen molar-refractivity contribution in [3.05, 3.63) is 47.0 Å². The predicted octanol–water partition coefficient (Wildman–Crippen LogP) is 4.09. The number of halogens is 1. The maximum Gasteiger partial charge on any atom is 0.203 e. The molecule has 114 valence electrons. The minimum atomic E-state index is -0.170. The molecule has 0 aliphatic heterocycles. The quantitative estimate of drug-likeness (QED) is 0.778. The topological polar surface area (TPSA) is 29.9 Å². The molecule has 21 heavy (non-hydrogen) atoms. The first-order valence-corrected chi connectivity index (χ1v) is 7.63. The Kier molecular flexibility index (Phi) is 5.37. The van der Waals surface area contributed by atoms with Crippen LogP contribution in [0.1, 0.15) is 36.6 Å². The van der Waals surface area contributed by atoms with E-state index in [0.29, 0.717) is 0 Å². The zero-order chi connectivity index (χ0) is 15.2. The zero-order valence-electron chi connectivity index (χ0n) is 13.1.